The Labute approximate surface area is 130 Å². The largest absolute Gasteiger partial charge is 0.497 e. The summed E-state index contributed by atoms with van der Waals surface area (Å²) in [7, 11) is 3.38. The van der Waals surface area contributed by atoms with E-state index in [0.29, 0.717) is 13.2 Å². The van der Waals surface area contributed by atoms with Crippen LogP contribution in [0.1, 0.15) is 5.56 Å². The van der Waals surface area contributed by atoms with Crippen molar-refractivity contribution < 1.29 is 14.2 Å². The van der Waals surface area contributed by atoms with Gasteiger partial charge < -0.3 is 19.1 Å². The molecule has 2 aromatic rings. The van der Waals surface area contributed by atoms with Gasteiger partial charge in [-0.05, 0) is 36.8 Å². The van der Waals surface area contributed by atoms with Gasteiger partial charge in [0.05, 0.1) is 31.9 Å². The van der Waals surface area contributed by atoms with Crippen LogP contribution in [0.4, 0.5) is 5.82 Å². The number of hydrogen-bond acceptors (Lipinski definition) is 5. The number of nitrogens with zero attached hydrogens (tertiary/aromatic N) is 2. The predicted octanol–water partition coefficient (Wildman–Crippen LogP) is 2.40. The Bertz CT molecular complexity index is 658. The minimum absolute atomic E-state index is 0.103. The molecular weight excluding hydrogens is 280 g/mol. The van der Waals surface area contributed by atoms with E-state index in [4.69, 9.17) is 19.2 Å². The third kappa shape index (κ3) is 3.00. The van der Waals surface area contributed by atoms with E-state index in [1.165, 1.54) is 5.56 Å². The van der Waals surface area contributed by atoms with Crippen LogP contribution in [0.2, 0.25) is 0 Å². The van der Waals surface area contributed by atoms with Crippen LogP contribution >= 0.6 is 0 Å². The first-order valence-electron chi connectivity index (χ1n) is 7.52. The van der Waals surface area contributed by atoms with Gasteiger partial charge in [-0.15, -0.1) is 0 Å². The average molecular weight is 302 g/mol. The van der Waals surface area contributed by atoms with Crippen LogP contribution < -0.4 is 9.64 Å². The number of fused-ring (bicyclic) bond motifs is 1. The number of ether oxygens (including phenoxy) is 3. The summed E-state index contributed by atoms with van der Waals surface area (Å²) in [5.74, 6) is 1.88. The molecule has 1 fully saturated rings. The molecule has 0 aliphatic carbocycles. The molecule has 0 saturated carbocycles. The van der Waals surface area contributed by atoms with Crippen LogP contribution in [0.15, 0.2) is 24.3 Å². The zero-order valence-electron chi connectivity index (χ0n) is 13.3. The first kappa shape index (κ1) is 15.1. The normalized spacial score (nSPS) is 18.7. The van der Waals surface area contributed by atoms with Crippen LogP contribution in [0.5, 0.6) is 5.75 Å². The van der Waals surface area contributed by atoms with Gasteiger partial charge in [0.2, 0.25) is 0 Å². The monoisotopic (exact) mass is 302 g/mol. The summed E-state index contributed by atoms with van der Waals surface area (Å²) in [6.07, 6.45) is 0.103. The van der Waals surface area contributed by atoms with Crippen molar-refractivity contribution in [3.05, 3.63) is 29.8 Å². The minimum atomic E-state index is 0.103. The van der Waals surface area contributed by atoms with Crippen LogP contribution in [0.3, 0.4) is 0 Å². The molecule has 0 radical (unpaired) electrons. The Balaban J connectivity index is 1.91. The number of benzene rings is 1. The van der Waals surface area contributed by atoms with E-state index >= 15 is 0 Å². The van der Waals surface area contributed by atoms with Gasteiger partial charge in [-0.1, -0.05) is 0 Å². The maximum Gasteiger partial charge on any atom is 0.132 e. The Morgan fingerprint density at radius 3 is 2.95 bits per heavy atom. The quantitative estimate of drug-likeness (QED) is 0.868. The molecule has 0 N–H and O–H groups in total. The Morgan fingerprint density at radius 2 is 2.18 bits per heavy atom. The SMILES string of the molecule is COCC1CN(c2nc3ccc(OC)cc3cc2C)CCO1. The second kappa shape index (κ2) is 6.50. The van der Waals surface area contributed by atoms with Crippen molar-refractivity contribution in [2.24, 2.45) is 0 Å². The molecule has 5 nitrogen and oxygen atoms in total. The van der Waals surface area contributed by atoms with E-state index in [2.05, 4.69) is 17.9 Å². The van der Waals surface area contributed by atoms with Crippen LogP contribution in [-0.4, -0.2) is 51.6 Å². The van der Waals surface area contributed by atoms with E-state index in [-0.39, 0.29) is 6.10 Å². The third-order valence-electron chi connectivity index (χ3n) is 3.98. The second-order valence-electron chi connectivity index (χ2n) is 5.58. The van der Waals surface area contributed by atoms with Gasteiger partial charge in [-0.2, -0.15) is 0 Å². The van der Waals surface area contributed by atoms with Crippen molar-refractivity contribution in [3.63, 3.8) is 0 Å². The van der Waals surface area contributed by atoms with Crippen molar-refractivity contribution in [2.45, 2.75) is 13.0 Å². The zero-order chi connectivity index (χ0) is 15.5. The number of rotatable bonds is 4. The van der Waals surface area contributed by atoms with Crippen molar-refractivity contribution in [2.75, 3.05) is 45.4 Å². The highest BCUT2D eigenvalue weighted by molar-refractivity contribution is 5.83. The fourth-order valence-corrected chi connectivity index (χ4v) is 2.90. The molecule has 1 aromatic carbocycles. The molecule has 1 unspecified atom stereocenters. The molecule has 1 aliphatic rings. The lowest BCUT2D eigenvalue weighted by atomic mass is 10.1. The average Bonchev–Trinajstić information content (AvgIpc) is 2.54. The smallest absolute Gasteiger partial charge is 0.132 e. The van der Waals surface area contributed by atoms with Gasteiger partial charge in [0, 0.05) is 25.6 Å². The molecular formula is C17H22N2O3. The van der Waals surface area contributed by atoms with Crippen LogP contribution in [0.25, 0.3) is 10.9 Å². The van der Waals surface area contributed by atoms with Crippen molar-refractivity contribution in [1.29, 1.82) is 0 Å². The molecule has 0 spiro atoms. The van der Waals surface area contributed by atoms with Crippen molar-refractivity contribution in [3.8, 4) is 5.75 Å². The van der Waals surface area contributed by atoms with Gasteiger partial charge in [0.15, 0.2) is 0 Å². The van der Waals surface area contributed by atoms with E-state index in [0.717, 1.165) is 35.6 Å². The van der Waals surface area contributed by atoms with Crippen molar-refractivity contribution >= 4 is 16.7 Å². The summed E-state index contributed by atoms with van der Waals surface area (Å²) in [5.41, 5.74) is 2.15. The van der Waals surface area contributed by atoms with Crippen LogP contribution in [0, 0.1) is 6.92 Å². The number of aryl methyl sites for hydroxylation is 1. The maximum absolute atomic E-state index is 5.72. The summed E-state index contributed by atoms with van der Waals surface area (Å²) < 4.78 is 16.2. The molecule has 5 heteroatoms. The summed E-state index contributed by atoms with van der Waals surface area (Å²) >= 11 is 0. The number of anilines is 1. The van der Waals surface area contributed by atoms with E-state index in [1.807, 2.05) is 18.2 Å². The summed E-state index contributed by atoms with van der Waals surface area (Å²) in [4.78, 5) is 7.13. The summed E-state index contributed by atoms with van der Waals surface area (Å²) in [6, 6.07) is 8.14. The molecule has 22 heavy (non-hydrogen) atoms. The first-order chi connectivity index (χ1) is 10.7. The fourth-order valence-electron chi connectivity index (χ4n) is 2.90. The number of hydrogen-bond donors (Lipinski definition) is 0. The standard InChI is InChI=1S/C17H22N2O3/c1-12-8-13-9-14(21-3)4-5-16(13)18-17(12)19-6-7-22-15(10-19)11-20-2/h4-5,8-9,15H,6-7,10-11H2,1-3H3. The second-order valence-corrected chi connectivity index (χ2v) is 5.58. The molecule has 1 aliphatic heterocycles. The number of aromatic nitrogens is 1. The van der Waals surface area contributed by atoms with Gasteiger partial charge in [0.1, 0.15) is 11.6 Å². The lowest BCUT2D eigenvalue weighted by Gasteiger charge is -2.34. The van der Waals surface area contributed by atoms with Crippen LogP contribution in [-0.2, 0) is 9.47 Å². The lowest BCUT2D eigenvalue weighted by Crippen LogP contribution is -2.45. The molecule has 2 heterocycles. The number of morpholine rings is 1. The number of pyridine rings is 1. The van der Waals surface area contributed by atoms with Crippen molar-refractivity contribution in [1.82, 2.24) is 4.98 Å². The molecule has 0 bridgehead atoms. The highest BCUT2D eigenvalue weighted by Gasteiger charge is 2.22. The van der Waals surface area contributed by atoms with E-state index < -0.39 is 0 Å². The van der Waals surface area contributed by atoms with Gasteiger partial charge in [0.25, 0.3) is 0 Å². The van der Waals surface area contributed by atoms with E-state index in [9.17, 15) is 0 Å². The molecule has 1 aromatic heterocycles. The summed E-state index contributed by atoms with van der Waals surface area (Å²) in [5, 5.41) is 1.10. The fraction of sp³-hybridized carbons (Fsp3) is 0.471. The minimum Gasteiger partial charge on any atom is -0.497 e. The lowest BCUT2D eigenvalue weighted by molar-refractivity contribution is -0.0102. The molecule has 0 amide bonds. The van der Waals surface area contributed by atoms with E-state index in [1.54, 1.807) is 14.2 Å². The molecule has 1 atom stereocenters. The number of methoxy groups -OCH3 is 2. The highest BCUT2D eigenvalue weighted by Crippen LogP contribution is 2.27. The Hall–Kier alpha value is -1.85. The maximum atomic E-state index is 5.72. The molecule has 118 valence electrons. The predicted molar refractivity (Wildman–Crippen MR) is 86.9 cm³/mol. The Kier molecular flexibility index (Phi) is 4.45. The van der Waals surface area contributed by atoms with Gasteiger partial charge in [-0.3, -0.25) is 0 Å². The highest BCUT2D eigenvalue weighted by atomic mass is 16.5. The molecule has 3 rings (SSSR count). The first-order valence-corrected chi connectivity index (χ1v) is 7.52. The van der Waals surface area contributed by atoms with Gasteiger partial charge >= 0.3 is 0 Å². The van der Waals surface area contributed by atoms with Gasteiger partial charge in [-0.25, -0.2) is 4.98 Å². The Morgan fingerprint density at radius 1 is 1.32 bits per heavy atom. The third-order valence-corrected chi connectivity index (χ3v) is 3.98. The zero-order valence-corrected chi connectivity index (χ0v) is 13.3. The topological polar surface area (TPSA) is 43.8 Å². The summed E-state index contributed by atoms with van der Waals surface area (Å²) in [6.45, 7) is 5.08. The molecule has 1 saturated heterocycles.